The van der Waals surface area contributed by atoms with Crippen LogP contribution in [0.3, 0.4) is 0 Å². The third kappa shape index (κ3) is 4.32. The van der Waals surface area contributed by atoms with Crippen LogP contribution in [-0.4, -0.2) is 30.5 Å². The molecular formula is C18H19NO4. The molecule has 0 unspecified atom stereocenters. The van der Waals surface area contributed by atoms with Crippen molar-refractivity contribution in [3.05, 3.63) is 53.6 Å². The smallest absolute Gasteiger partial charge is 0.344 e. The molecule has 0 amide bonds. The number of hydrogen-bond acceptors (Lipinski definition) is 4. The number of carboxylic acid groups (broad SMARTS) is 1. The number of carboxylic acids is 1. The molecular weight excluding hydrogens is 294 g/mol. The van der Waals surface area contributed by atoms with Gasteiger partial charge < -0.3 is 14.6 Å². The number of nitrogens with zero attached hydrogens (tertiary/aromatic N) is 1. The molecule has 5 nitrogen and oxygen atoms in total. The number of methoxy groups -OCH3 is 1. The predicted molar refractivity (Wildman–Crippen MR) is 89.2 cm³/mol. The molecule has 0 saturated carbocycles. The Bertz CT molecular complexity index is 725. The lowest BCUT2D eigenvalue weighted by Crippen LogP contribution is -2.23. The highest BCUT2D eigenvalue weighted by Crippen LogP contribution is 2.31. The van der Waals surface area contributed by atoms with E-state index in [4.69, 9.17) is 14.6 Å². The van der Waals surface area contributed by atoms with Crippen LogP contribution in [0.15, 0.2) is 47.5 Å². The van der Waals surface area contributed by atoms with Crippen LogP contribution in [0.25, 0.3) is 0 Å². The zero-order valence-electron chi connectivity index (χ0n) is 13.3. The number of benzene rings is 2. The first-order valence-electron chi connectivity index (χ1n) is 7.18. The average Bonchev–Trinajstić information content (AvgIpc) is 2.53. The summed E-state index contributed by atoms with van der Waals surface area (Å²) in [5, 5.41) is 9.04. The van der Waals surface area contributed by atoms with Gasteiger partial charge in [0.15, 0.2) is 17.6 Å². The van der Waals surface area contributed by atoms with Crippen LogP contribution >= 0.6 is 0 Å². The lowest BCUT2D eigenvalue weighted by atomic mass is 10.2. The van der Waals surface area contributed by atoms with Crippen molar-refractivity contribution >= 4 is 17.9 Å². The second-order valence-electron chi connectivity index (χ2n) is 5.07. The minimum absolute atomic E-state index is 0.362. The topological polar surface area (TPSA) is 68.1 Å². The molecule has 0 bridgehead atoms. The quantitative estimate of drug-likeness (QED) is 0.827. The van der Waals surface area contributed by atoms with Gasteiger partial charge in [0.25, 0.3) is 0 Å². The van der Waals surface area contributed by atoms with Crippen molar-refractivity contribution in [2.24, 2.45) is 4.99 Å². The molecule has 0 aromatic heterocycles. The summed E-state index contributed by atoms with van der Waals surface area (Å²) in [4.78, 5) is 15.4. The maximum atomic E-state index is 11.0. The minimum Gasteiger partial charge on any atom is -0.493 e. The molecule has 1 atom stereocenters. The van der Waals surface area contributed by atoms with E-state index in [0.29, 0.717) is 17.1 Å². The predicted octanol–water partition coefficient (Wildman–Crippen LogP) is 3.61. The van der Waals surface area contributed by atoms with Crippen LogP contribution < -0.4 is 9.47 Å². The van der Waals surface area contributed by atoms with Gasteiger partial charge in [-0.15, -0.1) is 0 Å². The summed E-state index contributed by atoms with van der Waals surface area (Å²) in [7, 11) is 1.51. The van der Waals surface area contributed by atoms with Crippen molar-refractivity contribution in [2.45, 2.75) is 20.0 Å². The lowest BCUT2D eigenvalue weighted by Gasteiger charge is -2.15. The Hall–Kier alpha value is -2.82. The molecule has 5 heteroatoms. The summed E-state index contributed by atoms with van der Waals surface area (Å²) in [6.07, 6.45) is 0.652. The Labute approximate surface area is 135 Å². The Morgan fingerprint density at radius 2 is 2.00 bits per heavy atom. The molecule has 0 heterocycles. The zero-order chi connectivity index (χ0) is 16.8. The first kappa shape index (κ1) is 16.5. The van der Waals surface area contributed by atoms with E-state index in [-0.39, 0.29) is 0 Å². The lowest BCUT2D eigenvalue weighted by molar-refractivity contribution is -0.144. The van der Waals surface area contributed by atoms with Gasteiger partial charge in [0.2, 0.25) is 0 Å². The molecule has 0 aliphatic carbocycles. The average molecular weight is 313 g/mol. The van der Waals surface area contributed by atoms with E-state index in [9.17, 15) is 4.79 Å². The van der Waals surface area contributed by atoms with E-state index in [1.807, 2.05) is 31.2 Å². The number of aliphatic carboxylic acids is 1. The number of aliphatic imine (C=N–C) groups is 1. The number of ether oxygens (including phenoxy) is 2. The summed E-state index contributed by atoms with van der Waals surface area (Å²) in [6, 6.07) is 13.1. The third-order valence-electron chi connectivity index (χ3n) is 3.23. The van der Waals surface area contributed by atoms with Gasteiger partial charge in [0.05, 0.1) is 12.8 Å². The number of para-hydroxylation sites is 1. The molecule has 2 aromatic rings. The van der Waals surface area contributed by atoms with E-state index in [1.54, 1.807) is 24.4 Å². The Balaban J connectivity index is 2.35. The Morgan fingerprint density at radius 3 is 2.65 bits per heavy atom. The Kier molecular flexibility index (Phi) is 5.36. The van der Waals surface area contributed by atoms with E-state index >= 15 is 0 Å². The molecule has 0 aliphatic heterocycles. The van der Waals surface area contributed by atoms with Gasteiger partial charge in [-0.3, -0.25) is 4.99 Å². The van der Waals surface area contributed by atoms with Crippen LogP contribution in [0, 0.1) is 6.92 Å². The van der Waals surface area contributed by atoms with Gasteiger partial charge in [-0.25, -0.2) is 4.79 Å². The monoisotopic (exact) mass is 313 g/mol. The summed E-state index contributed by atoms with van der Waals surface area (Å²) >= 11 is 0. The zero-order valence-corrected chi connectivity index (χ0v) is 13.3. The highest BCUT2D eigenvalue weighted by atomic mass is 16.5. The largest absolute Gasteiger partial charge is 0.493 e. The van der Waals surface area contributed by atoms with Crippen molar-refractivity contribution < 1.29 is 19.4 Å². The van der Waals surface area contributed by atoms with E-state index in [1.165, 1.54) is 14.0 Å². The molecule has 0 fully saturated rings. The van der Waals surface area contributed by atoms with Gasteiger partial charge in [-0.1, -0.05) is 18.2 Å². The van der Waals surface area contributed by atoms with Crippen molar-refractivity contribution in [2.75, 3.05) is 7.11 Å². The first-order chi connectivity index (χ1) is 11.0. The van der Waals surface area contributed by atoms with E-state index in [2.05, 4.69) is 4.99 Å². The Morgan fingerprint density at radius 1 is 1.26 bits per heavy atom. The fraction of sp³-hybridized carbons (Fsp3) is 0.222. The third-order valence-corrected chi connectivity index (χ3v) is 3.23. The standard InChI is InChI=1S/C18H19NO4/c1-12-6-4-8-15(10-12)19-11-14-7-5-9-16(22-3)17(14)23-13(2)18(20)21/h4-11,13H,1-3H3,(H,20,21)/t13-/m0/s1. The minimum atomic E-state index is -1.04. The summed E-state index contributed by atoms with van der Waals surface area (Å²) < 4.78 is 10.8. The van der Waals surface area contributed by atoms with Crippen LogP contribution in [0.5, 0.6) is 11.5 Å². The maximum Gasteiger partial charge on any atom is 0.344 e. The fourth-order valence-electron chi connectivity index (χ4n) is 2.00. The van der Waals surface area contributed by atoms with Crippen molar-refractivity contribution in [3.8, 4) is 11.5 Å². The molecule has 1 N–H and O–H groups in total. The van der Waals surface area contributed by atoms with Crippen LogP contribution in [-0.2, 0) is 4.79 Å². The number of carbonyl (C=O) groups is 1. The van der Waals surface area contributed by atoms with Gasteiger partial charge >= 0.3 is 5.97 Å². The second-order valence-corrected chi connectivity index (χ2v) is 5.07. The normalized spacial score (nSPS) is 12.1. The van der Waals surface area contributed by atoms with Crippen molar-refractivity contribution in [3.63, 3.8) is 0 Å². The van der Waals surface area contributed by atoms with Crippen LogP contribution in [0.4, 0.5) is 5.69 Å². The van der Waals surface area contributed by atoms with E-state index in [0.717, 1.165) is 11.3 Å². The van der Waals surface area contributed by atoms with Crippen LogP contribution in [0.2, 0.25) is 0 Å². The SMILES string of the molecule is COc1cccc(C=Nc2cccc(C)c2)c1O[C@@H](C)C(=O)O. The van der Waals surface area contributed by atoms with Crippen molar-refractivity contribution in [1.29, 1.82) is 0 Å². The molecule has 0 spiro atoms. The van der Waals surface area contributed by atoms with E-state index < -0.39 is 12.1 Å². The maximum absolute atomic E-state index is 11.0. The molecule has 23 heavy (non-hydrogen) atoms. The second kappa shape index (κ2) is 7.45. The number of aryl methyl sites for hydroxylation is 1. The molecule has 2 rings (SSSR count). The molecule has 120 valence electrons. The summed E-state index contributed by atoms with van der Waals surface area (Å²) in [5.41, 5.74) is 2.57. The van der Waals surface area contributed by atoms with Gasteiger partial charge in [-0.05, 0) is 43.7 Å². The van der Waals surface area contributed by atoms with Gasteiger partial charge in [0, 0.05) is 11.8 Å². The molecule has 0 aliphatic rings. The van der Waals surface area contributed by atoms with Gasteiger partial charge in [0.1, 0.15) is 0 Å². The highest BCUT2D eigenvalue weighted by Gasteiger charge is 2.17. The molecule has 0 saturated heterocycles. The summed E-state index contributed by atoms with van der Waals surface area (Å²) in [6.45, 7) is 3.46. The van der Waals surface area contributed by atoms with Crippen molar-refractivity contribution in [1.82, 2.24) is 0 Å². The van der Waals surface area contributed by atoms with Crippen LogP contribution in [0.1, 0.15) is 18.1 Å². The number of hydrogen-bond donors (Lipinski definition) is 1. The molecule has 2 aromatic carbocycles. The number of rotatable bonds is 6. The fourth-order valence-corrected chi connectivity index (χ4v) is 2.00. The highest BCUT2D eigenvalue weighted by molar-refractivity contribution is 5.87. The summed E-state index contributed by atoms with van der Waals surface area (Å²) in [5.74, 6) is -0.218. The molecule has 0 radical (unpaired) electrons. The van der Waals surface area contributed by atoms with Gasteiger partial charge in [-0.2, -0.15) is 0 Å². The first-order valence-corrected chi connectivity index (χ1v) is 7.18.